The van der Waals surface area contributed by atoms with E-state index >= 15 is 0 Å². The van der Waals surface area contributed by atoms with Gasteiger partial charge in [-0.25, -0.2) is 4.98 Å². The molecule has 0 radical (unpaired) electrons. The number of nitrogens with one attached hydrogen (secondary N) is 1. The summed E-state index contributed by atoms with van der Waals surface area (Å²) in [4.78, 5) is 7.58. The first-order valence-corrected chi connectivity index (χ1v) is 5.48. The number of nitrogens with zero attached hydrogens (tertiary/aromatic N) is 1. The lowest BCUT2D eigenvalue weighted by Gasteiger charge is -2.06. The van der Waals surface area contributed by atoms with E-state index in [4.69, 9.17) is 22.1 Å². The van der Waals surface area contributed by atoms with E-state index in [9.17, 15) is 0 Å². The molecule has 0 saturated carbocycles. The lowest BCUT2D eigenvalue weighted by Crippen LogP contribution is -2.14. The summed E-state index contributed by atoms with van der Waals surface area (Å²) in [6, 6.07) is 5.40. The minimum Gasteiger partial charge on any atom is -0.385 e. The van der Waals surface area contributed by atoms with Crippen molar-refractivity contribution in [2.45, 2.75) is 12.5 Å². The van der Waals surface area contributed by atoms with Gasteiger partial charge in [0.1, 0.15) is 5.82 Å². The molecule has 0 amide bonds. The summed E-state index contributed by atoms with van der Waals surface area (Å²) in [7, 11) is 1.66. The summed E-state index contributed by atoms with van der Waals surface area (Å²) < 4.78 is 4.98. The molecule has 1 aromatic heterocycles. The maximum atomic E-state index is 5.98. The number of aromatic nitrogens is 2. The summed E-state index contributed by atoms with van der Waals surface area (Å²) in [5.74, 6) is 0.773. The molecule has 0 fully saturated rings. The van der Waals surface area contributed by atoms with Crippen LogP contribution in [0.5, 0.6) is 0 Å². The monoisotopic (exact) mass is 239 g/mol. The number of nitrogens with two attached hydrogens (primary N) is 1. The predicted octanol–water partition coefficient (Wildman–Crippen LogP) is 2.25. The van der Waals surface area contributed by atoms with Crippen molar-refractivity contribution >= 4 is 22.6 Å². The minimum absolute atomic E-state index is 0.133. The molecule has 5 heteroatoms. The van der Waals surface area contributed by atoms with E-state index in [1.54, 1.807) is 7.11 Å². The Morgan fingerprint density at radius 3 is 3.12 bits per heavy atom. The van der Waals surface area contributed by atoms with Crippen LogP contribution in [0.25, 0.3) is 11.0 Å². The standard InChI is InChI=1S/C11H14ClN3O/c1-16-5-4-8(13)11-14-9-3-2-7(12)6-10(9)15-11/h2-3,6,8H,4-5,13H2,1H3,(H,14,15). The number of hydrogen-bond acceptors (Lipinski definition) is 3. The maximum Gasteiger partial charge on any atom is 0.124 e. The highest BCUT2D eigenvalue weighted by Gasteiger charge is 2.10. The number of methoxy groups -OCH3 is 1. The van der Waals surface area contributed by atoms with Crippen LogP contribution < -0.4 is 5.73 Å². The molecule has 0 saturated heterocycles. The van der Waals surface area contributed by atoms with E-state index in [0.29, 0.717) is 11.6 Å². The average Bonchev–Trinajstić information content (AvgIpc) is 2.68. The Morgan fingerprint density at radius 1 is 1.56 bits per heavy atom. The third kappa shape index (κ3) is 2.35. The molecule has 1 atom stereocenters. The number of ether oxygens (including phenoxy) is 1. The Balaban J connectivity index is 2.25. The molecule has 3 N–H and O–H groups in total. The fraction of sp³-hybridized carbons (Fsp3) is 0.364. The summed E-state index contributed by atoms with van der Waals surface area (Å²) >= 11 is 5.89. The first-order valence-electron chi connectivity index (χ1n) is 5.10. The molecule has 0 aliphatic rings. The number of halogens is 1. The van der Waals surface area contributed by atoms with Gasteiger partial charge in [0, 0.05) is 18.7 Å². The van der Waals surface area contributed by atoms with Crippen LogP contribution in [0, 0.1) is 0 Å². The van der Waals surface area contributed by atoms with Crippen LogP contribution >= 0.6 is 11.6 Å². The number of rotatable bonds is 4. The molecule has 0 aliphatic carbocycles. The molecule has 86 valence electrons. The zero-order valence-electron chi connectivity index (χ0n) is 9.03. The zero-order valence-corrected chi connectivity index (χ0v) is 9.79. The van der Waals surface area contributed by atoms with Crippen molar-refractivity contribution in [1.29, 1.82) is 0 Å². The highest BCUT2D eigenvalue weighted by molar-refractivity contribution is 6.31. The zero-order chi connectivity index (χ0) is 11.5. The Morgan fingerprint density at radius 2 is 2.38 bits per heavy atom. The molecular weight excluding hydrogens is 226 g/mol. The number of H-pyrrole nitrogens is 1. The van der Waals surface area contributed by atoms with E-state index in [2.05, 4.69) is 9.97 Å². The van der Waals surface area contributed by atoms with E-state index < -0.39 is 0 Å². The van der Waals surface area contributed by atoms with Gasteiger partial charge in [-0.1, -0.05) is 11.6 Å². The lowest BCUT2D eigenvalue weighted by atomic mass is 10.2. The fourth-order valence-electron chi connectivity index (χ4n) is 1.56. The van der Waals surface area contributed by atoms with Crippen LogP contribution in [0.3, 0.4) is 0 Å². The summed E-state index contributed by atoms with van der Waals surface area (Å²) in [5, 5.41) is 0.688. The summed E-state index contributed by atoms with van der Waals surface area (Å²) in [6.07, 6.45) is 0.740. The molecule has 1 heterocycles. The lowest BCUT2D eigenvalue weighted by molar-refractivity contribution is 0.187. The number of imidazole rings is 1. The van der Waals surface area contributed by atoms with Crippen molar-refractivity contribution < 1.29 is 4.74 Å². The smallest absolute Gasteiger partial charge is 0.124 e. The minimum atomic E-state index is -0.133. The maximum absolute atomic E-state index is 5.98. The van der Waals surface area contributed by atoms with Gasteiger partial charge in [-0.2, -0.15) is 0 Å². The number of fused-ring (bicyclic) bond motifs is 1. The first kappa shape index (κ1) is 11.4. The van der Waals surface area contributed by atoms with Crippen molar-refractivity contribution in [3.63, 3.8) is 0 Å². The third-order valence-electron chi connectivity index (χ3n) is 2.45. The van der Waals surface area contributed by atoms with Gasteiger partial charge >= 0.3 is 0 Å². The molecule has 0 spiro atoms. The van der Waals surface area contributed by atoms with Crippen molar-refractivity contribution in [3.05, 3.63) is 29.0 Å². The molecule has 4 nitrogen and oxygen atoms in total. The van der Waals surface area contributed by atoms with E-state index in [0.717, 1.165) is 23.3 Å². The van der Waals surface area contributed by atoms with Crippen LogP contribution in [0.2, 0.25) is 5.02 Å². The van der Waals surface area contributed by atoms with E-state index in [1.165, 1.54) is 0 Å². The van der Waals surface area contributed by atoms with Crippen LogP contribution in [0.15, 0.2) is 18.2 Å². The van der Waals surface area contributed by atoms with Crippen LogP contribution in [-0.2, 0) is 4.74 Å². The Hall–Kier alpha value is -1.10. The Kier molecular flexibility index (Phi) is 3.43. The predicted molar refractivity (Wildman–Crippen MR) is 64.5 cm³/mol. The van der Waals surface area contributed by atoms with Gasteiger partial charge in [0.15, 0.2) is 0 Å². The molecule has 1 aromatic carbocycles. The average molecular weight is 240 g/mol. The molecule has 16 heavy (non-hydrogen) atoms. The molecule has 1 unspecified atom stereocenters. The molecular formula is C11H14ClN3O. The van der Waals surface area contributed by atoms with Crippen molar-refractivity contribution in [3.8, 4) is 0 Å². The Labute approximate surface area is 98.8 Å². The summed E-state index contributed by atoms with van der Waals surface area (Å²) in [5.41, 5.74) is 7.77. The largest absolute Gasteiger partial charge is 0.385 e. The van der Waals surface area contributed by atoms with Crippen LogP contribution in [0.4, 0.5) is 0 Å². The van der Waals surface area contributed by atoms with Gasteiger partial charge in [0.05, 0.1) is 17.1 Å². The Bertz CT molecular complexity index is 483. The molecule has 2 rings (SSSR count). The van der Waals surface area contributed by atoms with E-state index in [1.807, 2.05) is 18.2 Å². The second-order valence-corrected chi connectivity index (χ2v) is 4.11. The normalized spacial score (nSPS) is 13.2. The fourth-order valence-corrected chi connectivity index (χ4v) is 1.73. The van der Waals surface area contributed by atoms with E-state index in [-0.39, 0.29) is 6.04 Å². The topological polar surface area (TPSA) is 63.9 Å². The number of aromatic amines is 1. The second-order valence-electron chi connectivity index (χ2n) is 3.67. The summed E-state index contributed by atoms with van der Waals surface area (Å²) in [6.45, 7) is 0.624. The highest BCUT2D eigenvalue weighted by atomic mass is 35.5. The SMILES string of the molecule is COCCC(N)c1nc2ccc(Cl)cc2[nH]1. The molecule has 0 bridgehead atoms. The third-order valence-corrected chi connectivity index (χ3v) is 2.68. The molecule has 2 aromatic rings. The van der Waals surface area contributed by atoms with Gasteiger partial charge in [0.25, 0.3) is 0 Å². The number of hydrogen-bond donors (Lipinski definition) is 2. The van der Waals surface area contributed by atoms with Gasteiger partial charge in [-0.15, -0.1) is 0 Å². The van der Waals surface area contributed by atoms with Gasteiger partial charge in [0.2, 0.25) is 0 Å². The van der Waals surface area contributed by atoms with Gasteiger partial charge < -0.3 is 15.5 Å². The van der Waals surface area contributed by atoms with Crippen LogP contribution in [-0.4, -0.2) is 23.7 Å². The second kappa shape index (κ2) is 4.82. The van der Waals surface area contributed by atoms with Gasteiger partial charge in [-0.05, 0) is 24.6 Å². The quantitative estimate of drug-likeness (QED) is 0.860. The van der Waals surface area contributed by atoms with Crippen LogP contribution in [0.1, 0.15) is 18.3 Å². The van der Waals surface area contributed by atoms with Crippen molar-refractivity contribution in [1.82, 2.24) is 9.97 Å². The first-order chi connectivity index (χ1) is 7.70. The van der Waals surface area contributed by atoms with Crippen molar-refractivity contribution in [2.24, 2.45) is 5.73 Å². The molecule has 0 aliphatic heterocycles. The van der Waals surface area contributed by atoms with Gasteiger partial charge in [-0.3, -0.25) is 0 Å². The highest BCUT2D eigenvalue weighted by Crippen LogP contribution is 2.20. The number of benzene rings is 1. The van der Waals surface area contributed by atoms with Crippen molar-refractivity contribution in [2.75, 3.05) is 13.7 Å².